The molecular weight excluding hydrogens is 318 g/mol. The van der Waals surface area contributed by atoms with Crippen LogP contribution in [0.4, 0.5) is 5.82 Å². The second-order valence-electron chi connectivity index (χ2n) is 5.10. The van der Waals surface area contributed by atoms with Gasteiger partial charge in [0, 0.05) is 23.7 Å². The van der Waals surface area contributed by atoms with Crippen LogP contribution in [0.1, 0.15) is 22.2 Å². The van der Waals surface area contributed by atoms with Gasteiger partial charge in [-0.25, -0.2) is 4.79 Å². The molecule has 0 N–H and O–H groups in total. The number of aromatic nitrogens is 2. The monoisotopic (exact) mass is 333 g/mol. The summed E-state index contributed by atoms with van der Waals surface area (Å²) in [5.74, 6) is 0.193. The zero-order valence-electron chi connectivity index (χ0n) is 12.6. The van der Waals surface area contributed by atoms with Crippen molar-refractivity contribution in [3.8, 4) is 0 Å². The molecule has 0 radical (unpaired) electrons. The molecule has 6 nitrogen and oxygen atoms in total. The molecule has 3 rings (SSSR count). The van der Waals surface area contributed by atoms with Crippen molar-refractivity contribution in [1.82, 2.24) is 10.2 Å². The molecule has 120 valence electrons. The molecule has 1 aliphatic heterocycles. The van der Waals surface area contributed by atoms with E-state index >= 15 is 0 Å². The van der Waals surface area contributed by atoms with E-state index in [-0.39, 0.29) is 11.8 Å². The number of carbonyl (C=O) groups is 1. The number of carbonyl (C=O) groups excluding carboxylic acids is 1. The van der Waals surface area contributed by atoms with Crippen LogP contribution in [-0.4, -0.2) is 43.0 Å². The Balaban J connectivity index is 1.76. The van der Waals surface area contributed by atoms with Crippen LogP contribution in [0.3, 0.4) is 0 Å². The van der Waals surface area contributed by atoms with Gasteiger partial charge in [0.1, 0.15) is 6.10 Å². The number of hydrogen-bond acceptors (Lipinski definition) is 6. The molecule has 1 fully saturated rings. The summed E-state index contributed by atoms with van der Waals surface area (Å²) in [4.78, 5) is 13.5. The molecule has 0 bridgehead atoms. The van der Waals surface area contributed by atoms with Gasteiger partial charge in [-0.05, 0) is 18.2 Å². The molecule has 1 aromatic heterocycles. The molecule has 0 amide bonds. The number of anilines is 1. The molecule has 2 aromatic rings. The average molecular weight is 334 g/mol. The van der Waals surface area contributed by atoms with Crippen molar-refractivity contribution in [2.24, 2.45) is 0 Å². The van der Waals surface area contributed by atoms with Crippen molar-refractivity contribution >= 4 is 23.4 Å². The maximum atomic E-state index is 11.4. The molecule has 23 heavy (non-hydrogen) atoms. The van der Waals surface area contributed by atoms with Crippen LogP contribution in [-0.2, 0) is 9.47 Å². The van der Waals surface area contributed by atoms with Crippen LogP contribution in [0.15, 0.2) is 36.4 Å². The van der Waals surface area contributed by atoms with Gasteiger partial charge < -0.3 is 14.4 Å². The summed E-state index contributed by atoms with van der Waals surface area (Å²) in [6, 6.07) is 11.0. The van der Waals surface area contributed by atoms with Gasteiger partial charge >= 0.3 is 5.97 Å². The Kier molecular flexibility index (Phi) is 4.73. The quantitative estimate of drug-likeness (QED) is 0.804. The number of nitrogens with zero attached hydrogens (tertiary/aromatic N) is 3. The van der Waals surface area contributed by atoms with E-state index in [1.165, 1.54) is 7.11 Å². The van der Waals surface area contributed by atoms with Crippen molar-refractivity contribution in [2.75, 3.05) is 31.7 Å². The topological polar surface area (TPSA) is 64.5 Å². The molecule has 2 heterocycles. The van der Waals surface area contributed by atoms with Gasteiger partial charge in [0.2, 0.25) is 0 Å². The van der Waals surface area contributed by atoms with Crippen molar-refractivity contribution in [2.45, 2.75) is 6.10 Å². The zero-order valence-corrected chi connectivity index (χ0v) is 13.4. The van der Waals surface area contributed by atoms with Gasteiger partial charge in [-0.15, -0.1) is 10.2 Å². The number of esters is 1. The minimum Gasteiger partial charge on any atom is -0.464 e. The Bertz CT molecular complexity index is 693. The second kappa shape index (κ2) is 6.93. The molecule has 0 spiro atoms. The maximum absolute atomic E-state index is 11.4. The van der Waals surface area contributed by atoms with Gasteiger partial charge in [0.15, 0.2) is 11.5 Å². The van der Waals surface area contributed by atoms with E-state index < -0.39 is 5.97 Å². The lowest BCUT2D eigenvalue weighted by Crippen LogP contribution is -2.39. The first kappa shape index (κ1) is 15.7. The molecule has 1 aliphatic rings. The lowest BCUT2D eigenvalue weighted by atomic mass is 10.1. The number of ether oxygens (including phenoxy) is 2. The Morgan fingerprint density at radius 1 is 1.30 bits per heavy atom. The molecule has 1 atom stereocenters. The van der Waals surface area contributed by atoms with Crippen molar-refractivity contribution in [1.29, 1.82) is 0 Å². The highest BCUT2D eigenvalue weighted by Crippen LogP contribution is 2.29. The smallest absolute Gasteiger partial charge is 0.358 e. The van der Waals surface area contributed by atoms with Crippen molar-refractivity contribution in [3.05, 3.63) is 52.7 Å². The van der Waals surface area contributed by atoms with Gasteiger partial charge in [-0.3, -0.25) is 0 Å². The number of rotatable bonds is 3. The molecule has 1 aromatic carbocycles. The zero-order chi connectivity index (χ0) is 16.2. The first-order chi connectivity index (χ1) is 11.2. The molecule has 0 saturated carbocycles. The van der Waals surface area contributed by atoms with Crippen LogP contribution in [0.25, 0.3) is 0 Å². The van der Waals surface area contributed by atoms with Crippen LogP contribution < -0.4 is 4.90 Å². The van der Waals surface area contributed by atoms with Gasteiger partial charge in [0.05, 0.1) is 13.7 Å². The molecule has 0 aliphatic carbocycles. The normalized spacial score (nSPS) is 17.8. The third kappa shape index (κ3) is 3.43. The summed E-state index contributed by atoms with van der Waals surface area (Å²) in [5.41, 5.74) is 1.14. The largest absolute Gasteiger partial charge is 0.464 e. The lowest BCUT2D eigenvalue weighted by Gasteiger charge is -2.34. The summed E-state index contributed by atoms with van der Waals surface area (Å²) in [7, 11) is 1.31. The van der Waals surface area contributed by atoms with Crippen molar-refractivity contribution < 1.29 is 14.3 Å². The highest BCUT2D eigenvalue weighted by Gasteiger charge is 2.24. The standard InChI is InChI=1S/C16H16ClN3O3/c1-22-16(21)13-6-7-15(19-18-13)20-8-9-23-14(10-20)11-4-2-3-5-12(11)17/h2-7,14H,8-10H2,1H3. The van der Waals surface area contributed by atoms with E-state index in [0.717, 1.165) is 5.56 Å². The fraction of sp³-hybridized carbons (Fsp3) is 0.312. The average Bonchev–Trinajstić information content (AvgIpc) is 2.62. The van der Waals surface area contributed by atoms with E-state index in [0.29, 0.717) is 30.5 Å². The fourth-order valence-electron chi connectivity index (χ4n) is 2.49. The number of morpholine rings is 1. The number of halogens is 1. The Morgan fingerprint density at radius 3 is 2.83 bits per heavy atom. The van der Waals surface area contributed by atoms with E-state index in [4.69, 9.17) is 16.3 Å². The number of benzene rings is 1. The van der Waals surface area contributed by atoms with Crippen LogP contribution >= 0.6 is 11.6 Å². The molecule has 7 heteroatoms. The summed E-state index contributed by atoms with van der Waals surface area (Å²) in [6.07, 6.45) is -0.125. The maximum Gasteiger partial charge on any atom is 0.358 e. The van der Waals surface area contributed by atoms with Crippen molar-refractivity contribution in [3.63, 3.8) is 0 Å². The van der Waals surface area contributed by atoms with Gasteiger partial charge in [-0.1, -0.05) is 29.8 Å². The SMILES string of the molecule is COC(=O)c1ccc(N2CCOC(c3ccccc3Cl)C2)nn1. The molecule has 1 unspecified atom stereocenters. The van der Waals surface area contributed by atoms with E-state index in [1.54, 1.807) is 12.1 Å². The predicted molar refractivity (Wildman–Crippen MR) is 85.7 cm³/mol. The van der Waals surface area contributed by atoms with Gasteiger partial charge in [-0.2, -0.15) is 0 Å². The van der Waals surface area contributed by atoms with E-state index in [9.17, 15) is 4.79 Å². The summed E-state index contributed by atoms with van der Waals surface area (Å²) in [5, 5.41) is 8.70. The number of methoxy groups -OCH3 is 1. The highest BCUT2D eigenvalue weighted by atomic mass is 35.5. The highest BCUT2D eigenvalue weighted by molar-refractivity contribution is 6.31. The lowest BCUT2D eigenvalue weighted by molar-refractivity contribution is 0.0395. The molecular formula is C16H16ClN3O3. The Morgan fingerprint density at radius 2 is 2.13 bits per heavy atom. The minimum atomic E-state index is -0.500. The first-order valence-electron chi connectivity index (χ1n) is 7.22. The van der Waals surface area contributed by atoms with E-state index in [1.807, 2.05) is 24.3 Å². The third-order valence-electron chi connectivity index (χ3n) is 3.69. The van der Waals surface area contributed by atoms with Crippen LogP contribution in [0, 0.1) is 0 Å². The number of hydrogen-bond donors (Lipinski definition) is 0. The van der Waals surface area contributed by atoms with E-state index in [2.05, 4.69) is 19.8 Å². The van der Waals surface area contributed by atoms with Gasteiger partial charge in [0.25, 0.3) is 0 Å². The third-order valence-corrected chi connectivity index (χ3v) is 4.03. The summed E-state index contributed by atoms with van der Waals surface area (Å²) < 4.78 is 10.4. The molecule has 1 saturated heterocycles. The second-order valence-corrected chi connectivity index (χ2v) is 5.50. The predicted octanol–water partition coefficient (Wildman–Crippen LogP) is 2.49. The summed E-state index contributed by atoms with van der Waals surface area (Å²) >= 11 is 6.25. The Hall–Kier alpha value is -2.18. The minimum absolute atomic E-state index is 0.125. The first-order valence-corrected chi connectivity index (χ1v) is 7.60. The Labute approximate surface area is 139 Å². The van der Waals surface area contributed by atoms with Crippen LogP contribution in [0.5, 0.6) is 0 Å². The summed E-state index contributed by atoms with van der Waals surface area (Å²) in [6.45, 7) is 1.89. The van der Waals surface area contributed by atoms with Crippen LogP contribution in [0.2, 0.25) is 5.02 Å². The fourth-order valence-corrected chi connectivity index (χ4v) is 2.75.